The Balaban J connectivity index is 0. The van der Waals surface area contributed by atoms with Gasteiger partial charge in [-0.25, -0.2) is 0 Å². The maximum atomic E-state index is 9.59. The number of aldehydes is 1. The Hall–Kier alpha value is -0.630. The molecule has 0 spiro atoms. The first-order valence-corrected chi connectivity index (χ1v) is 2.52. The predicted molar refractivity (Wildman–Crippen MR) is 33.7 cm³/mol. The second-order valence-electron chi connectivity index (χ2n) is 1.35. The van der Waals surface area contributed by atoms with Crippen LogP contribution in [0.4, 0.5) is 0 Å². The summed E-state index contributed by atoms with van der Waals surface area (Å²) in [6.45, 7) is 2.08. The predicted octanol–water partition coefficient (Wildman–Crippen LogP) is 0.717. The molecule has 0 amide bonds. The lowest BCUT2D eigenvalue weighted by molar-refractivity contribution is -0.104. The number of allylic oxidation sites excluding steroid dienone is 2. The van der Waals surface area contributed by atoms with Crippen molar-refractivity contribution < 1.29 is 10.3 Å². The fraction of sp³-hybridized carbons (Fsp3) is 0.500. The van der Waals surface area contributed by atoms with Gasteiger partial charge in [0.15, 0.2) is 0 Å². The van der Waals surface area contributed by atoms with E-state index in [1.165, 1.54) is 6.08 Å². The third-order valence-corrected chi connectivity index (χ3v) is 0.670. The van der Waals surface area contributed by atoms with Crippen molar-refractivity contribution in [3.05, 3.63) is 12.2 Å². The molecule has 0 aromatic rings. The molecule has 0 heterocycles. The minimum absolute atomic E-state index is 0. The van der Waals surface area contributed by atoms with Crippen LogP contribution in [0.3, 0.4) is 0 Å². The van der Waals surface area contributed by atoms with Crippen LogP contribution in [-0.2, 0) is 4.79 Å². The SMILES string of the molecule is CCCC=CC=O.O. The van der Waals surface area contributed by atoms with E-state index in [1.807, 2.05) is 6.08 Å². The zero-order chi connectivity index (χ0) is 5.54. The van der Waals surface area contributed by atoms with Gasteiger partial charge < -0.3 is 5.48 Å². The zero-order valence-electron chi connectivity index (χ0n) is 5.05. The second-order valence-corrected chi connectivity index (χ2v) is 1.35. The first-order chi connectivity index (χ1) is 3.41. The molecule has 0 rings (SSSR count). The zero-order valence-corrected chi connectivity index (χ0v) is 5.05. The maximum Gasteiger partial charge on any atom is 0.142 e. The minimum Gasteiger partial charge on any atom is -0.412 e. The van der Waals surface area contributed by atoms with Gasteiger partial charge in [-0.1, -0.05) is 19.4 Å². The van der Waals surface area contributed by atoms with Gasteiger partial charge in [-0.05, 0) is 12.5 Å². The van der Waals surface area contributed by atoms with Crippen molar-refractivity contribution in [3.8, 4) is 0 Å². The summed E-state index contributed by atoms with van der Waals surface area (Å²) in [6, 6.07) is 0. The molecule has 0 aliphatic heterocycles. The lowest BCUT2D eigenvalue weighted by Gasteiger charge is -1.76. The highest BCUT2D eigenvalue weighted by atomic mass is 16.1. The summed E-state index contributed by atoms with van der Waals surface area (Å²) in [6.07, 6.45) is 6.33. The summed E-state index contributed by atoms with van der Waals surface area (Å²) in [5.74, 6) is 0. The van der Waals surface area contributed by atoms with Crippen molar-refractivity contribution in [2.45, 2.75) is 19.8 Å². The number of rotatable bonds is 3. The van der Waals surface area contributed by atoms with Gasteiger partial charge in [-0.2, -0.15) is 0 Å². The van der Waals surface area contributed by atoms with Gasteiger partial charge >= 0.3 is 0 Å². The highest BCUT2D eigenvalue weighted by molar-refractivity contribution is 5.64. The monoisotopic (exact) mass is 116 g/mol. The molecule has 2 nitrogen and oxygen atoms in total. The molecule has 2 N–H and O–H groups in total. The van der Waals surface area contributed by atoms with E-state index in [9.17, 15) is 4.79 Å². The van der Waals surface area contributed by atoms with Gasteiger partial charge in [-0.3, -0.25) is 4.79 Å². The fourth-order valence-corrected chi connectivity index (χ4v) is 0.318. The van der Waals surface area contributed by atoms with Crippen LogP contribution in [0.1, 0.15) is 19.8 Å². The molecule has 0 atom stereocenters. The third kappa shape index (κ3) is 9.03. The Kier molecular flexibility index (Phi) is 12.5. The number of unbranched alkanes of at least 4 members (excludes halogenated alkanes) is 1. The van der Waals surface area contributed by atoms with E-state index in [-0.39, 0.29) is 5.48 Å². The molecule has 0 aliphatic rings. The van der Waals surface area contributed by atoms with E-state index in [0.29, 0.717) is 0 Å². The van der Waals surface area contributed by atoms with E-state index < -0.39 is 0 Å². The molecular formula is C6H12O2. The molecule has 0 bridgehead atoms. The minimum atomic E-state index is 0. The maximum absolute atomic E-state index is 9.59. The number of hydrogen-bond acceptors (Lipinski definition) is 1. The molecule has 48 valence electrons. The van der Waals surface area contributed by atoms with Crippen molar-refractivity contribution in [3.63, 3.8) is 0 Å². The van der Waals surface area contributed by atoms with E-state index in [1.54, 1.807) is 0 Å². The fourth-order valence-electron chi connectivity index (χ4n) is 0.318. The van der Waals surface area contributed by atoms with Gasteiger partial charge in [0.05, 0.1) is 0 Å². The third-order valence-electron chi connectivity index (χ3n) is 0.670. The quantitative estimate of drug-likeness (QED) is 0.396. The first kappa shape index (κ1) is 10.4. The van der Waals surface area contributed by atoms with Crippen LogP contribution in [0.25, 0.3) is 0 Å². The Morgan fingerprint density at radius 1 is 1.50 bits per heavy atom. The lowest BCUT2D eigenvalue weighted by atomic mass is 10.3. The molecule has 0 aromatic heterocycles. The molecule has 0 saturated carbocycles. The summed E-state index contributed by atoms with van der Waals surface area (Å²) in [5.41, 5.74) is 0. The standard InChI is InChI=1S/C6H10O.H2O/c1-2-3-4-5-6-7;/h4-6H,2-3H2,1H3;1H2. The van der Waals surface area contributed by atoms with Crippen molar-refractivity contribution in [1.29, 1.82) is 0 Å². The Morgan fingerprint density at radius 2 is 2.12 bits per heavy atom. The highest BCUT2D eigenvalue weighted by Gasteiger charge is 1.67. The van der Waals surface area contributed by atoms with Crippen molar-refractivity contribution in [1.82, 2.24) is 0 Å². The lowest BCUT2D eigenvalue weighted by Crippen LogP contribution is -1.61. The van der Waals surface area contributed by atoms with Crippen LogP contribution in [-0.4, -0.2) is 11.8 Å². The van der Waals surface area contributed by atoms with Gasteiger partial charge in [0.25, 0.3) is 0 Å². The van der Waals surface area contributed by atoms with Gasteiger partial charge in [0.1, 0.15) is 6.29 Å². The molecule has 0 aliphatic carbocycles. The van der Waals surface area contributed by atoms with Gasteiger partial charge in [0.2, 0.25) is 0 Å². The molecule has 8 heavy (non-hydrogen) atoms. The molecular weight excluding hydrogens is 104 g/mol. The topological polar surface area (TPSA) is 48.6 Å². The molecule has 0 unspecified atom stereocenters. The summed E-state index contributed by atoms with van der Waals surface area (Å²) in [5, 5.41) is 0. The van der Waals surface area contributed by atoms with E-state index in [4.69, 9.17) is 0 Å². The van der Waals surface area contributed by atoms with Crippen LogP contribution in [0, 0.1) is 0 Å². The Bertz CT molecular complexity index is 66.9. The van der Waals surface area contributed by atoms with Gasteiger partial charge in [-0.15, -0.1) is 0 Å². The number of carbonyl (C=O) groups excluding carboxylic acids is 1. The normalized spacial score (nSPS) is 8.62. The van der Waals surface area contributed by atoms with Crippen LogP contribution in [0.5, 0.6) is 0 Å². The average molecular weight is 116 g/mol. The van der Waals surface area contributed by atoms with Crippen LogP contribution < -0.4 is 0 Å². The van der Waals surface area contributed by atoms with Crippen molar-refractivity contribution >= 4 is 6.29 Å². The first-order valence-electron chi connectivity index (χ1n) is 2.52. The van der Waals surface area contributed by atoms with Crippen molar-refractivity contribution in [2.75, 3.05) is 0 Å². The molecule has 2 heteroatoms. The number of carbonyl (C=O) groups is 1. The Morgan fingerprint density at radius 3 is 2.50 bits per heavy atom. The second kappa shape index (κ2) is 9.62. The van der Waals surface area contributed by atoms with E-state index in [0.717, 1.165) is 19.1 Å². The van der Waals surface area contributed by atoms with Crippen LogP contribution in [0.2, 0.25) is 0 Å². The van der Waals surface area contributed by atoms with Crippen LogP contribution >= 0.6 is 0 Å². The summed E-state index contributed by atoms with van der Waals surface area (Å²) < 4.78 is 0. The molecule has 0 aromatic carbocycles. The Labute approximate surface area is 49.5 Å². The summed E-state index contributed by atoms with van der Waals surface area (Å²) in [4.78, 5) is 9.59. The van der Waals surface area contributed by atoms with Crippen LogP contribution in [0.15, 0.2) is 12.2 Å². The molecule has 0 radical (unpaired) electrons. The molecule has 0 fully saturated rings. The highest BCUT2D eigenvalue weighted by Crippen LogP contribution is 1.85. The van der Waals surface area contributed by atoms with E-state index >= 15 is 0 Å². The summed E-state index contributed by atoms with van der Waals surface area (Å²) >= 11 is 0. The van der Waals surface area contributed by atoms with E-state index in [2.05, 4.69) is 6.92 Å². The molecule has 0 saturated heterocycles. The smallest absolute Gasteiger partial charge is 0.142 e. The number of hydrogen-bond donors (Lipinski definition) is 0. The van der Waals surface area contributed by atoms with Gasteiger partial charge in [0, 0.05) is 0 Å². The largest absolute Gasteiger partial charge is 0.412 e. The average Bonchev–Trinajstić information content (AvgIpc) is 1.69. The summed E-state index contributed by atoms with van der Waals surface area (Å²) in [7, 11) is 0. The van der Waals surface area contributed by atoms with Crippen molar-refractivity contribution in [2.24, 2.45) is 0 Å².